The van der Waals surface area contributed by atoms with Crippen LogP contribution < -0.4 is 20.4 Å². The van der Waals surface area contributed by atoms with Crippen LogP contribution in [-0.4, -0.2) is 63.3 Å². The number of anilines is 3. The normalized spacial score (nSPS) is 18.1. The molecule has 182 valence electrons. The molecule has 1 fully saturated rings. The molecule has 5 rings (SSSR count). The lowest BCUT2D eigenvalue weighted by molar-refractivity contribution is 0.0364. The van der Waals surface area contributed by atoms with Crippen LogP contribution in [0, 0.1) is 12.7 Å². The summed E-state index contributed by atoms with van der Waals surface area (Å²) < 4.78 is 16.3. The number of hydrogen-bond acceptors (Lipinski definition) is 6. The van der Waals surface area contributed by atoms with Crippen LogP contribution in [0.25, 0.3) is 5.65 Å². The number of piperazine rings is 1. The van der Waals surface area contributed by atoms with Crippen LogP contribution in [0.2, 0.25) is 0 Å². The van der Waals surface area contributed by atoms with Crippen molar-refractivity contribution in [2.24, 2.45) is 0 Å². The van der Waals surface area contributed by atoms with Gasteiger partial charge in [-0.15, -0.1) is 12.4 Å². The average Bonchev–Trinajstić information content (AvgIpc) is 3.35. The predicted octanol–water partition coefficient (Wildman–Crippen LogP) is 2.74. The van der Waals surface area contributed by atoms with E-state index in [1.54, 1.807) is 35.5 Å². The van der Waals surface area contributed by atoms with Gasteiger partial charge in [0, 0.05) is 62.1 Å². The number of halogens is 2. The van der Waals surface area contributed by atoms with Crippen molar-refractivity contribution in [2.45, 2.75) is 38.8 Å². The molecule has 5 heterocycles. The monoisotopic (exact) mass is 489 g/mol. The summed E-state index contributed by atoms with van der Waals surface area (Å²) in [5, 5.41) is 16.5. The van der Waals surface area contributed by atoms with Gasteiger partial charge in [0.1, 0.15) is 11.5 Å². The summed E-state index contributed by atoms with van der Waals surface area (Å²) in [6.07, 6.45) is 5.66. The molecule has 0 saturated carbocycles. The first-order valence-corrected chi connectivity index (χ1v) is 11.1. The minimum Gasteiger partial charge on any atom is -0.389 e. The Kier molecular flexibility index (Phi) is 6.41. The fourth-order valence-electron chi connectivity index (χ4n) is 4.62. The van der Waals surface area contributed by atoms with Crippen molar-refractivity contribution in [3.05, 3.63) is 47.8 Å². The Morgan fingerprint density at radius 1 is 1.32 bits per heavy atom. The van der Waals surface area contributed by atoms with Gasteiger partial charge in [0.15, 0.2) is 5.82 Å². The van der Waals surface area contributed by atoms with E-state index in [4.69, 9.17) is 0 Å². The van der Waals surface area contributed by atoms with Crippen LogP contribution in [-0.2, 0) is 6.42 Å². The van der Waals surface area contributed by atoms with E-state index >= 15 is 0 Å². The van der Waals surface area contributed by atoms with Crippen molar-refractivity contribution >= 4 is 41.3 Å². The van der Waals surface area contributed by atoms with E-state index in [0.717, 1.165) is 30.0 Å². The molecule has 0 spiro atoms. The average molecular weight is 490 g/mol. The number of fused-ring (bicyclic) bond motifs is 2. The Morgan fingerprint density at radius 2 is 2.12 bits per heavy atom. The van der Waals surface area contributed by atoms with Crippen molar-refractivity contribution in [3.63, 3.8) is 0 Å². The van der Waals surface area contributed by atoms with Crippen LogP contribution in [0.3, 0.4) is 0 Å². The van der Waals surface area contributed by atoms with Gasteiger partial charge in [-0.1, -0.05) is 0 Å². The van der Waals surface area contributed by atoms with Crippen LogP contribution in [0.5, 0.6) is 0 Å². The molecule has 3 N–H and O–H groups in total. The molecule has 2 amide bonds. The molecule has 0 radical (unpaired) electrons. The first-order chi connectivity index (χ1) is 15.7. The highest BCUT2D eigenvalue weighted by molar-refractivity contribution is 6.03. The largest absolute Gasteiger partial charge is 0.389 e. The third kappa shape index (κ3) is 4.40. The maximum Gasteiger partial charge on any atom is 0.327 e. The van der Waals surface area contributed by atoms with E-state index in [1.165, 1.54) is 12.3 Å². The number of rotatable bonds is 3. The van der Waals surface area contributed by atoms with E-state index in [2.05, 4.69) is 25.5 Å². The Morgan fingerprint density at radius 3 is 2.88 bits per heavy atom. The number of nitrogens with one attached hydrogen (secondary N) is 2. The SMILES string of the molecule is Cc1cn2cc(NC(=O)N3CCc4c(N5CCN[C@@H](C(C)(C)O)C5)ccnc43)c(F)cc2n1.Cl. The van der Waals surface area contributed by atoms with Crippen molar-refractivity contribution in [2.75, 3.05) is 41.3 Å². The molecular weight excluding hydrogens is 461 g/mol. The van der Waals surface area contributed by atoms with Crippen molar-refractivity contribution in [3.8, 4) is 0 Å². The second kappa shape index (κ2) is 9.01. The first kappa shape index (κ1) is 24.2. The van der Waals surface area contributed by atoms with Crippen LogP contribution in [0.15, 0.2) is 30.7 Å². The summed E-state index contributed by atoms with van der Waals surface area (Å²) in [5.41, 5.74) is 2.51. The number of amides is 2. The molecule has 3 aromatic rings. The van der Waals surface area contributed by atoms with E-state index in [1.807, 2.05) is 13.0 Å². The van der Waals surface area contributed by atoms with Gasteiger partial charge in [-0.05, 0) is 33.3 Å². The molecule has 34 heavy (non-hydrogen) atoms. The standard InChI is InChI=1S/C23H28FN7O2.ClH/c1-14-11-30-12-17(16(24)10-20(30)27-14)28-22(32)31-8-5-15-18(4-6-26-21(15)31)29-9-7-25-19(13-29)23(2,3)33;/h4,6,10-12,19,25,33H,5,7-9,13H2,1-3H3,(H,28,32);1H/t19-;/m1./s1. The summed E-state index contributed by atoms with van der Waals surface area (Å²) in [6.45, 7) is 8.10. The van der Waals surface area contributed by atoms with Gasteiger partial charge in [-0.2, -0.15) is 0 Å². The Bertz CT molecular complexity index is 1230. The minimum atomic E-state index is -0.847. The lowest BCUT2D eigenvalue weighted by atomic mass is 9.96. The van der Waals surface area contributed by atoms with Crippen molar-refractivity contribution < 1.29 is 14.3 Å². The van der Waals surface area contributed by atoms with Crippen molar-refractivity contribution in [1.29, 1.82) is 0 Å². The number of pyridine rings is 2. The van der Waals surface area contributed by atoms with Gasteiger partial charge >= 0.3 is 6.03 Å². The molecule has 2 aliphatic heterocycles. The number of aryl methyl sites for hydroxylation is 1. The number of hydrogen-bond donors (Lipinski definition) is 3. The van der Waals surface area contributed by atoms with Crippen LogP contribution in [0.4, 0.5) is 26.4 Å². The summed E-state index contributed by atoms with van der Waals surface area (Å²) in [4.78, 5) is 25.6. The van der Waals surface area contributed by atoms with Gasteiger partial charge in [0.05, 0.1) is 23.0 Å². The highest BCUT2D eigenvalue weighted by Crippen LogP contribution is 2.35. The molecule has 1 saturated heterocycles. The maximum absolute atomic E-state index is 14.6. The topological polar surface area (TPSA) is 98.0 Å². The van der Waals surface area contributed by atoms with E-state index in [-0.39, 0.29) is 24.1 Å². The fourth-order valence-corrected chi connectivity index (χ4v) is 4.62. The number of aromatic nitrogens is 3. The summed E-state index contributed by atoms with van der Waals surface area (Å²) in [7, 11) is 0. The molecule has 0 bridgehead atoms. The number of aliphatic hydroxyl groups is 1. The number of carbonyl (C=O) groups excluding carboxylic acids is 1. The number of carbonyl (C=O) groups is 1. The van der Waals surface area contributed by atoms with Gasteiger partial charge in [-0.25, -0.2) is 19.2 Å². The van der Waals surface area contributed by atoms with Crippen LogP contribution >= 0.6 is 12.4 Å². The lowest BCUT2D eigenvalue weighted by Crippen LogP contribution is -2.59. The quantitative estimate of drug-likeness (QED) is 0.523. The highest BCUT2D eigenvalue weighted by atomic mass is 35.5. The minimum absolute atomic E-state index is 0. The second-order valence-corrected chi connectivity index (χ2v) is 9.25. The van der Waals surface area contributed by atoms with E-state index in [9.17, 15) is 14.3 Å². The number of nitrogens with zero attached hydrogens (tertiary/aromatic N) is 5. The zero-order valence-electron chi connectivity index (χ0n) is 19.4. The van der Waals surface area contributed by atoms with Gasteiger partial charge in [0.25, 0.3) is 0 Å². The Labute approximate surface area is 203 Å². The molecule has 3 aromatic heterocycles. The summed E-state index contributed by atoms with van der Waals surface area (Å²) in [5.74, 6) is 0.0457. The summed E-state index contributed by atoms with van der Waals surface area (Å²) >= 11 is 0. The van der Waals surface area contributed by atoms with E-state index < -0.39 is 17.4 Å². The third-order valence-electron chi connectivity index (χ3n) is 6.37. The van der Waals surface area contributed by atoms with E-state index in [0.29, 0.717) is 31.0 Å². The van der Waals surface area contributed by atoms with Gasteiger partial charge in [-0.3, -0.25) is 4.90 Å². The molecule has 0 aliphatic carbocycles. The predicted molar refractivity (Wildman–Crippen MR) is 132 cm³/mol. The fraction of sp³-hybridized carbons (Fsp3) is 0.435. The Balaban J connectivity index is 0.00000274. The molecule has 0 unspecified atom stereocenters. The third-order valence-corrected chi connectivity index (χ3v) is 6.37. The van der Waals surface area contributed by atoms with Gasteiger partial charge in [0.2, 0.25) is 0 Å². The smallest absolute Gasteiger partial charge is 0.327 e. The zero-order chi connectivity index (χ0) is 23.3. The molecule has 11 heteroatoms. The Hall–Kier alpha value is -2.95. The molecule has 1 atom stereocenters. The lowest BCUT2D eigenvalue weighted by Gasteiger charge is -2.41. The number of urea groups is 1. The first-order valence-electron chi connectivity index (χ1n) is 11.1. The van der Waals surface area contributed by atoms with Crippen LogP contribution in [0.1, 0.15) is 25.1 Å². The zero-order valence-corrected chi connectivity index (χ0v) is 20.2. The molecular formula is C23H29ClFN7O2. The second-order valence-electron chi connectivity index (χ2n) is 9.25. The molecule has 2 aliphatic rings. The van der Waals surface area contributed by atoms with Gasteiger partial charge < -0.3 is 25.0 Å². The molecule has 9 nitrogen and oxygen atoms in total. The highest BCUT2D eigenvalue weighted by Gasteiger charge is 2.34. The van der Waals surface area contributed by atoms with Crippen molar-refractivity contribution in [1.82, 2.24) is 19.7 Å². The number of imidazole rings is 1. The summed E-state index contributed by atoms with van der Waals surface area (Å²) in [6, 6.07) is 2.77. The maximum atomic E-state index is 14.6. The molecule has 0 aromatic carbocycles.